The van der Waals surface area contributed by atoms with Crippen LogP contribution in [-0.2, 0) is 4.74 Å². The van der Waals surface area contributed by atoms with Crippen molar-refractivity contribution in [2.75, 3.05) is 32.7 Å². The van der Waals surface area contributed by atoms with Crippen LogP contribution < -0.4 is 0 Å². The van der Waals surface area contributed by atoms with Gasteiger partial charge in [-0.05, 0) is 103 Å². The normalized spacial score (nSPS) is 27.2. The zero-order chi connectivity index (χ0) is 19.7. The minimum atomic E-state index is -4.12. The monoisotopic (exact) mass is 390 g/mol. The molecule has 1 atom stereocenters. The molecule has 1 spiro atoms. The van der Waals surface area contributed by atoms with Crippen molar-refractivity contribution in [1.29, 1.82) is 0 Å². The molecular formula is C21H37F3N2O. The number of ether oxygens (including phenoxy) is 1. The van der Waals surface area contributed by atoms with E-state index in [0.717, 1.165) is 51.7 Å². The Kier molecular flexibility index (Phi) is 6.79. The molecule has 27 heavy (non-hydrogen) atoms. The third-order valence-electron chi connectivity index (χ3n) is 6.99. The first kappa shape index (κ1) is 21.4. The first-order chi connectivity index (χ1) is 12.7. The van der Waals surface area contributed by atoms with E-state index < -0.39 is 12.2 Å². The van der Waals surface area contributed by atoms with E-state index in [9.17, 15) is 13.2 Å². The molecule has 0 radical (unpaired) electrons. The quantitative estimate of drug-likeness (QED) is 0.653. The summed E-state index contributed by atoms with van der Waals surface area (Å²) in [7, 11) is 0. The van der Waals surface area contributed by atoms with Crippen molar-refractivity contribution in [2.45, 2.75) is 90.1 Å². The molecule has 0 aromatic rings. The van der Waals surface area contributed by atoms with Gasteiger partial charge in [0.15, 0.2) is 0 Å². The van der Waals surface area contributed by atoms with Gasteiger partial charge < -0.3 is 9.64 Å². The average Bonchev–Trinajstić information content (AvgIpc) is 2.55. The molecule has 0 N–H and O–H groups in total. The standard InChI is InChI=1S/C21H37F3N2O/c1-4-9-25-10-5-17(6-11-25)19(21(22,23)24)26-12-7-20(8-13-26)14-18(15-20)27-16(2)3/h16-19H,4-15H2,1-3H3. The third-order valence-corrected chi connectivity index (χ3v) is 6.99. The number of likely N-dealkylation sites (tertiary alicyclic amines) is 2. The first-order valence-corrected chi connectivity index (χ1v) is 10.9. The maximum atomic E-state index is 14.0. The second kappa shape index (κ2) is 8.58. The summed E-state index contributed by atoms with van der Waals surface area (Å²) in [4.78, 5) is 4.08. The maximum Gasteiger partial charge on any atom is 0.404 e. The van der Waals surface area contributed by atoms with Crippen molar-refractivity contribution in [3.63, 3.8) is 0 Å². The molecule has 2 aliphatic heterocycles. The fourth-order valence-corrected chi connectivity index (χ4v) is 5.65. The van der Waals surface area contributed by atoms with Crippen molar-refractivity contribution < 1.29 is 17.9 Å². The fourth-order valence-electron chi connectivity index (χ4n) is 5.65. The minimum absolute atomic E-state index is 0.237. The molecule has 0 bridgehead atoms. The minimum Gasteiger partial charge on any atom is -0.376 e. The Bertz CT molecular complexity index is 459. The molecule has 2 saturated heterocycles. The van der Waals surface area contributed by atoms with Gasteiger partial charge >= 0.3 is 6.18 Å². The van der Waals surface area contributed by atoms with Crippen molar-refractivity contribution in [3.8, 4) is 0 Å². The predicted molar refractivity (Wildman–Crippen MR) is 102 cm³/mol. The Labute approximate surface area is 162 Å². The van der Waals surface area contributed by atoms with Gasteiger partial charge in [-0.3, -0.25) is 4.90 Å². The molecule has 3 nitrogen and oxygen atoms in total. The molecule has 3 fully saturated rings. The van der Waals surface area contributed by atoms with E-state index in [-0.39, 0.29) is 17.4 Å². The number of rotatable bonds is 6. The van der Waals surface area contributed by atoms with Crippen LogP contribution >= 0.6 is 0 Å². The molecule has 3 rings (SSSR count). The van der Waals surface area contributed by atoms with Crippen LogP contribution in [0.4, 0.5) is 13.2 Å². The van der Waals surface area contributed by atoms with E-state index >= 15 is 0 Å². The summed E-state index contributed by atoms with van der Waals surface area (Å²) >= 11 is 0. The van der Waals surface area contributed by atoms with Crippen LogP contribution in [-0.4, -0.2) is 66.9 Å². The molecule has 0 aromatic carbocycles. The Morgan fingerprint density at radius 2 is 1.63 bits per heavy atom. The van der Waals surface area contributed by atoms with Gasteiger partial charge in [-0.2, -0.15) is 13.2 Å². The zero-order valence-electron chi connectivity index (χ0n) is 17.2. The van der Waals surface area contributed by atoms with E-state index in [0.29, 0.717) is 32.0 Å². The molecule has 6 heteroatoms. The number of nitrogens with zero attached hydrogens (tertiary/aromatic N) is 2. The van der Waals surface area contributed by atoms with Crippen LogP contribution in [0.15, 0.2) is 0 Å². The van der Waals surface area contributed by atoms with Gasteiger partial charge in [0.2, 0.25) is 0 Å². The highest BCUT2D eigenvalue weighted by Crippen LogP contribution is 2.51. The smallest absolute Gasteiger partial charge is 0.376 e. The molecular weight excluding hydrogens is 353 g/mol. The third kappa shape index (κ3) is 5.18. The summed E-state index contributed by atoms with van der Waals surface area (Å²) < 4.78 is 47.7. The highest BCUT2D eigenvalue weighted by atomic mass is 19.4. The molecule has 1 aliphatic carbocycles. The predicted octanol–water partition coefficient (Wildman–Crippen LogP) is 4.71. The number of alkyl halides is 3. The Hall–Kier alpha value is -0.330. The van der Waals surface area contributed by atoms with Gasteiger partial charge in [0, 0.05) is 0 Å². The van der Waals surface area contributed by atoms with Crippen LogP contribution in [0.25, 0.3) is 0 Å². The van der Waals surface area contributed by atoms with E-state index in [1.165, 1.54) is 0 Å². The Balaban J connectivity index is 1.54. The van der Waals surface area contributed by atoms with Crippen molar-refractivity contribution in [2.24, 2.45) is 11.3 Å². The lowest BCUT2D eigenvalue weighted by molar-refractivity contribution is -0.212. The van der Waals surface area contributed by atoms with Crippen molar-refractivity contribution >= 4 is 0 Å². The zero-order valence-corrected chi connectivity index (χ0v) is 17.2. The Morgan fingerprint density at radius 3 is 2.11 bits per heavy atom. The van der Waals surface area contributed by atoms with Crippen molar-refractivity contribution in [1.82, 2.24) is 9.80 Å². The number of halogens is 3. The lowest BCUT2D eigenvalue weighted by Crippen LogP contribution is -2.58. The van der Waals surface area contributed by atoms with Gasteiger partial charge in [0.1, 0.15) is 6.04 Å². The molecule has 3 aliphatic rings. The summed E-state index contributed by atoms with van der Waals surface area (Å²) in [5.41, 5.74) is 0.247. The summed E-state index contributed by atoms with van der Waals surface area (Å²) in [5, 5.41) is 0. The summed E-state index contributed by atoms with van der Waals surface area (Å²) in [6.07, 6.45) is 2.72. The molecule has 0 amide bonds. The largest absolute Gasteiger partial charge is 0.404 e. The van der Waals surface area contributed by atoms with E-state index in [1.54, 1.807) is 4.90 Å². The van der Waals surface area contributed by atoms with Gasteiger partial charge in [-0.25, -0.2) is 0 Å². The first-order valence-electron chi connectivity index (χ1n) is 10.9. The maximum absolute atomic E-state index is 14.0. The molecule has 2 heterocycles. The SMILES string of the molecule is CCCN1CCC(C(N2CCC3(CC2)CC(OC(C)C)C3)C(F)(F)F)CC1. The topological polar surface area (TPSA) is 15.7 Å². The summed E-state index contributed by atoms with van der Waals surface area (Å²) in [5.74, 6) is -0.245. The molecule has 1 saturated carbocycles. The van der Waals surface area contributed by atoms with Crippen LogP contribution in [0, 0.1) is 11.3 Å². The molecule has 0 aromatic heterocycles. The van der Waals surface area contributed by atoms with Crippen LogP contribution in [0.5, 0.6) is 0 Å². The van der Waals surface area contributed by atoms with Gasteiger partial charge in [0.25, 0.3) is 0 Å². The van der Waals surface area contributed by atoms with Crippen LogP contribution in [0.1, 0.15) is 65.7 Å². The number of hydrogen-bond acceptors (Lipinski definition) is 3. The van der Waals surface area contributed by atoms with E-state index in [2.05, 4.69) is 11.8 Å². The van der Waals surface area contributed by atoms with Crippen LogP contribution in [0.3, 0.4) is 0 Å². The van der Waals surface area contributed by atoms with Gasteiger partial charge in [-0.1, -0.05) is 6.92 Å². The van der Waals surface area contributed by atoms with E-state index in [4.69, 9.17) is 4.74 Å². The lowest BCUT2D eigenvalue weighted by atomic mass is 9.61. The second-order valence-corrected chi connectivity index (χ2v) is 9.42. The van der Waals surface area contributed by atoms with Gasteiger partial charge in [-0.15, -0.1) is 0 Å². The fraction of sp³-hybridized carbons (Fsp3) is 1.00. The molecule has 1 unspecified atom stereocenters. The highest BCUT2D eigenvalue weighted by Gasteiger charge is 2.52. The van der Waals surface area contributed by atoms with Crippen molar-refractivity contribution in [3.05, 3.63) is 0 Å². The summed E-state index contributed by atoms with van der Waals surface area (Å²) in [6.45, 7) is 10.1. The number of piperidine rings is 2. The molecule has 158 valence electrons. The van der Waals surface area contributed by atoms with E-state index in [1.807, 2.05) is 13.8 Å². The Morgan fingerprint density at radius 1 is 1.04 bits per heavy atom. The number of hydrogen-bond donors (Lipinski definition) is 0. The van der Waals surface area contributed by atoms with Crippen LogP contribution in [0.2, 0.25) is 0 Å². The lowest BCUT2D eigenvalue weighted by Gasteiger charge is -2.54. The second-order valence-electron chi connectivity index (χ2n) is 9.42. The average molecular weight is 391 g/mol. The van der Waals surface area contributed by atoms with Gasteiger partial charge in [0.05, 0.1) is 12.2 Å². The summed E-state index contributed by atoms with van der Waals surface area (Å²) in [6, 6.07) is -1.25. The highest BCUT2D eigenvalue weighted by molar-refractivity contribution is 5.00.